The summed E-state index contributed by atoms with van der Waals surface area (Å²) in [6.07, 6.45) is -0.571. The summed E-state index contributed by atoms with van der Waals surface area (Å²) in [6.45, 7) is 7.37. The number of nitrogens with zero attached hydrogens (tertiary/aromatic N) is 1. The molecule has 0 unspecified atom stereocenters. The van der Waals surface area contributed by atoms with E-state index in [1.54, 1.807) is 13.8 Å². The van der Waals surface area contributed by atoms with E-state index >= 15 is 0 Å². The summed E-state index contributed by atoms with van der Waals surface area (Å²) in [5.41, 5.74) is 3.46. The third kappa shape index (κ3) is 3.38. The van der Waals surface area contributed by atoms with Crippen LogP contribution in [0.15, 0.2) is 23.4 Å². The van der Waals surface area contributed by atoms with Crippen LogP contribution in [0.5, 0.6) is 0 Å². The van der Waals surface area contributed by atoms with Crippen molar-refractivity contribution in [3.63, 3.8) is 0 Å². The molecule has 1 rings (SSSR count). The SMILES string of the molecule is CC(C)=NOC(=O)Nc1c(C)cccc1C. The Hall–Kier alpha value is -1.84. The van der Waals surface area contributed by atoms with Crippen molar-refractivity contribution in [2.75, 3.05) is 5.32 Å². The van der Waals surface area contributed by atoms with E-state index in [-0.39, 0.29) is 0 Å². The third-order valence-corrected chi connectivity index (χ3v) is 2.02. The molecule has 4 nitrogen and oxygen atoms in total. The number of rotatable bonds is 2. The number of anilines is 1. The number of para-hydroxylation sites is 1. The molecule has 0 fully saturated rings. The topological polar surface area (TPSA) is 50.7 Å². The summed E-state index contributed by atoms with van der Waals surface area (Å²) in [5, 5.41) is 6.25. The van der Waals surface area contributed by atoms with E-state index < -0.39 is 6.09 Å². The Bertz CT molecular complexity index is 401. The van der Waals surface area contributed by atoms with E-state index in [4.69, 9.17) is 0 Å². The first-order valence-electron chi connectivity index (χ1n) is 5.06. The van der Waals surface area contributed by atoms with E-state index in [1.807, 2.05) is 32.0 Å². The van der Waals surface area contributed by atoms with Gasteiger partial charge in [0.25, 0.3) is 0 Å². The van der Waals surface area contributed by atoms with Crippen molar-refractivity contribution in [2.24, 2.45) is 5.16 Å². The van der Waals surface area contributed by atoms with Crippen LogP contribution in [0.4, 0.5) is 10.5 Å². The molecule has 0 bridgehead atoms. The predicted octanol–water partition coefficient (Wildman–Crippen LogP) is 3.25. The van der Waals surface area contributed by atoms with Crippen LogP contribution < -0.4 is 5.32 Å². The maximum absolute atomic E-state index is 11.4. The molecular weight excluding hydrogens is 204 g/mol. The summed E-state index contributed by atoms with van der Waals surface area (Å²) >= 11 is 0. The lowest BCUT2D eigenvalue weighted by Gasteiger charge is -2.09. The molecule has 0 radical (unpaired) electrons. The third-order valence-electron chi connectivity index (χ3n) is 2.02. The van der Waals surface area contributed by atoms with E-state index in [0.29, 0.717) is 5.71 Å². The van der Waals surface area contributed by atoms with Crippen molar-refractivity contribution in [3.8, 4) is 0 Å². The van der Waals surface area contributed by atoms with Crippen LogP contribution in [-0.2, 0) is 4.84 Å². The number of hydrogen-bond donors (Lipinski definition) is 1. The number of oxime groups is 1. The van der Waals surface area contributed by atoms with E-state index in [9.17, 15) is 4.79 Å². The van der Waals surface area contributed by atoms with Crippen molar-refractivity contribution < 1.29 is 9.63 Å². The van der Waals surface area contributed by atoms with Gasteiger partial charge in [-0.25, -0.2) is 4.79 Å². The zero-order valence-corrected chi connectivity index (χ0v) is 10.00. The molecule has 86 valence electrons. The molecule has 1 N–H and O–H groups in total. The maximum Gasteiger partial charge on any atom is 0.437 e. The first kappa shape index (κ1) is 12.2. The molecule has 16 heavy (non-hydrogen) atoms. The number of nitrogens with one attached hydrogen (secondary N) is 1. The Morgan fingerprint density at radius 2 is 1.81 bits per heavy atom. The van der Waals surface area contributed by atoms with Crippen molar-refractivity contribution in [1.82, 2.24) is 0 Å². The van der Waals surface area contributed by atoms with Crippen molar-refractivity contribution >= 4 is 17.5 Å². The summed E-state index contributed by atoms with van der Waals surface area (Å²) < 4.78 is 0. The lowest BCUT2D eigenvalue weighted by atomic mass is 10.1. The van der Waals surface area contributed by atoms with Gasteiger partial charge in [-0.2, -0.15) is 0 Å². The van der Waals surface area contributed by atoms with Gasteiger partial charge in [0.15, 0.2) is 0 Å². The lowest BCUT2D eigenvalue weighted by Crippen LogP contribution is -2.13. The van der Waals surface area contributed by atoms with Gasteiger partial charge >= 0.3 is 6.09 Å². The van der Waals surface area contributed by atoms with Crippen LogP contribution in [0.3, 0.4) is 0 Å². The number of hydrogen-bond acceptors (Lipinski definition) is 3. The fourth-order valence-electron chi connectivity index (χ4n) is 1.27. The van der Waals surface area contributed by atoms with Crippen LogP contribution in [-0.4, -0.2) is 11.8 Å². The highest BCUT2D eigenvalue weighted by molar-refractivity contribution is 5.87. The number of carbonyl (C=O) groups is 1. The summed E-state index contributed by atoms with van der Waals surface area (Å²) in [5.74, 6) is 0. The summed E-state index contributed by atoms with van der Waals surface area (Å²) in [4.78, 5) is 16.0. The van der Waals surface area contributed by atoms with Gasteiger partial charge in [-0.1, -0.05) is 23.4 Å². The van der Waals surface area contributed by atoms with Gasteiger partial charge in [-0.15, -0.1) is 0 Å². The van der Waals surface area contributed by atoms with E-state index in [1.165, 1.54) is 0 Å². The molecule has 0 aliphatic rings. The quantitative estimate of drug-likeness (QED) is 0.472. The van der Waals surface area contributed by atoms with Gasteiger partial charge in [0.2, 0.25) is 0 Å². The smallest absolute Gasteiger partial charge is 0.298 e. The minimum atomic E-state index is -0.571. The Labute approximate surface area is 95.3 Å². The number of aryl methyl sites for hydroxylation is 2. The monoisotopic (exact) mass is 220 g/mol. The standard InChI is InChI=1S/C12H16N2O2/c1-8(2)14-16-12(15)13-11-9(3)6-5-7-10(11)4/h5-7H,1-4H3,(H,13,15). The Kier molecular flexibility index (Phi) is 4.05. The molecule has 0 saturated heterocycles. The first-order chi connectivity index (χ1) is 7.50. The van der Waals surface area contributed by atoms with Crippen LogP contribution in [0.25, 0.3) is 0 Å². The van der Waals surface area contributed by atoms with Gasteiger partial charge in [0.05, 0.1) is 5.71 Å². The van der Waals surface area contributed by atoms with Gasteiger partial charge in [0, 0.05) is 5.69 Å². The molecule has 0 heterocycles. The van der Waals surface area contributed by atoms with E-state index in [2.05, 4.69) is 15.3 Å². The lowest BCUT2D eigenvalue weighted by molar-refractivity contribution is 0.166. The fraction of sp³-hybridized carbons (Fsp3) is 0.333. The Balaban J connectivity index is 2.74. The number of carbonyl (C=O) groups excluding carboxylic acids is 1. The maximum atomic E-state index is 11.4. The second-order valence-electron chi connectivity index (χ2n) is 3.81. The van der Waals surface area contributed by atoms with Crippen LogP contribution >= 0.6 is 0 Å². The normalized spacial score (nSPS) is 9.50. The van der Waals surface area contributed by atoms with Crippen molar-refractivity contribution in [3.05, 3.63) is 29.3 Å². The predicted molar refractivity (Wildman–Crippen MR) is 64.8 cm³/mol. The summed E-state index contributed by atoms with van der Waals surface area (Å²) in [6, 6.07) is 5.80. The summed E-state index contributed by atoms with van der Waals surface area (Å²) in [7, 11) is 0. The molecule has 0 spiro atoms. The zero-order valence-electron chi connectivity index (χ0n) is 10.00. The van der Waals surface area contributed by atoms with Crippen LogP contribution in [0.1, 0.15) is 25.0 Å². The molecule has 0 aliphatic carbocycles. The minimum Gasteiger partial charge on any atom is -0.298 e. The van der Waals surface area contributed by atoms with Crippen molar-refractivity contribution in [1.29, 1.82) is 0 Å². The molecular formula is C12H16N2O2. The highest BCUT2D eigenvalue weighted by atomic mass is 16.7. The highest BCUT2D eigenvalue weighted by Crippen LogP contribution is 2.19. The van der Waals surface area contributed by atoms with Crippen molar-refractivity contribution in [2.45, 2.75) is 27.7 Å². The molecule has 1 aromatic rings. The second-order valence-corrected chi connectivity index (χ2v) is 3.81. The van der Waals surface area contributed by atoms with Crippen LogP contribution in [0.2, 0.25) is 0 Å². The highest BCUT2D eigenvalue weighted by Gasteiger charge is 2.07. The molecule has 1 amide bonds. The molecule has 0 saturated carbocycles. The minimum absolute atomic E-state index is 0.571. The van der Waals surface area contributed by atoms with E-state index in [0.717, 1.165) is 16.8 Å². The van der Waals surface area contributed by atoms with Crippen LogP contribution in [0, 0.1) is 13.8 Å². The largest absolute Gasteiger partial charge is 0.437 e. The molecule has 0 atom stereocenters. The van der Waals surface area contributed by atoms with Gasteiger partial charge in [-0.05, 0) is 38.8 Å². The fourth-order valence-corrected chi connectivity index (χ4v) is 1.27. The average Bonchev–Trinajstić information content (AvgIpc) is 2.21. The number of amides is 1. The zero-order chi connectivity index (χ0) is 12.1. The molecule has 0 aromatic heterocycles. The molecule has 1 aromatic carbocycles. The van der Waals surface area contributed by atoms with Gasteiger partial charge in [0.1, 0.15) is 0 Å². The Morgan fingerprint density at radius 3 is 2.31 bits per heavy atom. The number of benzene rings is 1. The first-order valence-corrected chi connectivity index (χ1v) is 5.06. The van der Waals surface area contributed by atoms with Gasteiger partial charge < -0.3 is 0 Å². The molecule has 0 aliphatic heterocycles. The molecule has 4 heteroatoms. The second kappa shape index (κ2) is 5.30. The Morgan fingerprint density at radius 1 is 1.25 bits per heavy atom. The van der Waals surface area contributed by atoms with Gasteiger partial charge in [-0.3, -0.25) is 10.2 Å². The average molecular weight is 220 g/mol.